The first-order chi connectivity index (χ1) is 9.87. The van der Waals surface area contributed by atoms with Crippen LogP contribution in [0.5, 0.6) is 0 Å². The fourth-order valence-corrected chi connectivity index (χ4v) is 3.04. The summed E-state index contributed by atoms with van der Waals surface area (Å²) in [5.41, 5.74) is 1.82. The molecule has 0 aromatic heterocycles. The van der Waals surface area contributed by atoms with Crippen molar-refractivity contribution in [2.75, 3.05) is 6.54 Å². The predicted molar refractivity (Wildman–Crippen MR) is 88.0 cm³/mol. The second-order valence-corrected chi connectivity index (χ2v) is 6.35. The molecule has 1 aromatic rings. The second-order valence-electron chi connectivity index (χ2n) is 6.35. The van der Waals surface area contributed by atoms with E-state index in [4.69, 9.17) is 0 Å². The lowest BCUT2D eigenvalue weighted by atomic mass is 10.0. The topological polar surface area (TPSA) is 12.0 Å². The predicted octanol–water partition coefficient (Wildman–Crippen LogP) is 5.41. The highest BCUT2D eigenvalue weighted by Gasteiger charge is 2.43. The highest BCUT2D eigenvalue weighted by atomic mass is 15.0. The molecule has 0 atom stereocenters. The first-order valence-corrected chi connectivity index (χ1v) is 8.68. The number of benzene rings is 1. The second kappa shape index (κ2) is 8.46. The zero-order valence-corrected chi connectivity index (χ0v) is 13.2. The van der Waals surface area contributed by atoms with Crippen molar-refractivity contribution in [2.24, 2.45) is 0 Å². The Kier molecular flexibility index (Phi) is 6.59. The lowest BCUT2D eigenvalue weighted by molar-refractivity contribution is 0.488. The summed E-state index contributed by atoms with van der Waals surface area (Å²) in [7, 11) is 0. The standard InChI is InChI=1S/C19H31N/c1-2-3-4-5-6-7-8-12-17-20-19(15-16-19)18-13-10-9-11-14-18/h9-11,13-14,20H,2-8,12,15-17H2,1H3. The molecule has 1 aliphatic carbocycles. The quantitative estimate of drug-likeness (QED) is 0.532. The third-order valence-corrected chi connectivity index (χ3v) is 4.57. The van der Waals surface area contributed by atoms with Crippen LogP contribution >= 0.6 is 0 Å². The molecule has 0 bridgehead atoms. The molecule has 0 unspecified atom stereocenters. The largest absolute Gasteiger partial charge is 0.307 e. The lowest BCUT2D eigenvalue weighted by Gasteiger charge is -2.17. The fraction of sp³-hybridized carbons (Fsp3) is 0.684. The van der Waals surface area contributed by atoms with Gasteiger partial charge in [-0.25, -0.2) is 0 Å². The molecule has 1 nitrogen and oxygen atoms in total. The van der Waals surface area contributed by atoms with E-state index in [-0.39, 0.29) is 0 Å². The van der Waals surface area contributed by atoms with E-state index >= 15 is 0 Å². The van der Waals surface area contributed by atoms with Crippen LogP contribution in [0.3, 0.4) is 0 Å². The summed E-state index contributed by atoms with van der Waals surface area (Å²) in [6, 6.07) is 11.0. The number of unbranched alkanes of at least 4 members (excludes halogenated alkanes) is 7. The van der Waals surface area contributed by atoms with Crippen LogP contribution in [0.15, 0.2) is 30.3 Å². The van der Waals surface area contributed by atoms with Crippen LogP contribution < -0.4 is 5.32 Å². The molecule has 1 fully saturated rings. The van der Waals surface area contributed by atoms with Crippen molar-refractivity contribution < 1.29 is 0 Å². The van der Waals surface area contributed by atoms with Crippen LogP contribution in [0.25, 0.3) is 0 Å². The van der Waals surface area contributed by atoms with Crippen molar-refractivity contribution >= 4 is 0 Å². The van der Waals surface area contributed by atoms with Crippen LogP contribution in [0.4, 0.5) is 0 Å². The van der Waals surface area contributed by atoms with E-state index in [2.05, 4.69) is 42.6 Å². The Morgan fingerprint density at radius 3 is 2.05 bits per heavy atom. The molecule has 1 saturated carbocycles. The van der Waals surface area contributed by atoms with E-state index in [1.54, 1.807) is 0 Å². The van der Waals surface area contributed by atoms with Crippen molar-refractivity contribution in [3.05, 3.63) is 35.9 Å². The molecule has 112 valence electrons. The first-order valence-electron chi connectivity index (χ1n) is 8.68. The van der Waals surface area contributed by atoms with Gasteiger partial charge in [0.25, 0.3) is 0 Å². The summed E-state index contributed by atoms with van der Waals surface area (Å²) in [6.45, 7) is 3.47. The average molecular weight is 273 g/mol. The van der Waals surface area contributed by atoms with E-state index in [0.29, 0.717) is 5.54 Å². The fourth-order valence-electron chi connectivity index (χ4n) is 3.04. The molecular formula is C19H31N. The Morgan fingerprint density at radius 1 is 0.850 bits per heavy atom. The van der Waals surface area contributed by atoms with Gasteiger partial charge in [-0.05, 0) is 31.4 Å². The zero-order valence-electron chi connectivity index (χ0n) is 13.2. The molecule has 1 aromatic carbocycles. The van der Waals surface area contributed by atoms with Crippen LogP contribution in [0, 0.1) is 0 Å². The Labute approximate surface area is 125 Å². The molecule has 0 radical (unpaired) electrons. The summed E-state index contributed by atoms with van der Waals surface area (Å²) in [6.07, 6.45) is 13.9. The Morgan fingerprint density at radius 2 is 1.45 bits per heavy atom. The van der Waals surface area contributed by atoms with Gasteiger partial charge in [0.15, 0.2) is 0 Å². The smallest absolute Gasteiger partial charge is 0.0436 e. The number of hydrogen-bond acceptors (Lipinski definition) is 1. The van der Waals surface area contributed by atoms with E-state index in [9.17, 15) is 0 Å². The third-order valence-electron chi connectivity index (χ3n) is 4.57. The summed E-state index contributed by atoms with van der Waals surface area (Å²) in [4.78, 5) is 0. The van der Waals surface area contributed by atoms with E-state index < -0.39 is 0 Å². The van der Waals surface area contributed by atoms with E-state index in [0.717, 1.165) is 0 Å². The molecular weight excluding hydrogens is 242 g/mol. The van der Waals surface area contributed by atoms with Gasteiger partial charge < -0.3 is 5.32 Å². The van der Waals surface area contributed by atoms with Crippen molar-refractivity contribution in [1.82, 2.24) is 5.32 Å². The Balaban J connectivity index is 1.51. The summed E-state index contributed by atoms with van der Waals surface area (Å²) in [5.74, 6) is 0. The van der Waals surface area contributed by atoms with Gasteiger partial charge >= 0.3 is 0 Å². The average Bonchev–Trinajstić information content (AvgIpc) is 3.28. The van der Waals surface area contributed by atoms with Gasteiger partial charge in [0.2, 0.25) is 0 Å². The molecule has 0 spiro atoms. The van der Waals surface area contributed by atoms with Crippen LogP contribution in [0.2, 0.25) is 0 Å². The van der Waals surface area contributed by atoms with Gasteiger partial charge in [-0.1, -0.05) is 82.2 Å². The SMILES string of the molecule is CCCCCCCCCCNC1(c2ccccc2)CC1. The molecule has 0 aliphatic heterocycles. The zero-order chi connectivity index (χ0) is 14.1. The molecule has 2 rings (SSSR count). The van der Waals surface area contributed by atoms with Gasteiger partial charge in [-0.15, -0.1) is 0 Å². The maximum atomic E-state index is 3.80. The summed E-state index contributed by atoms with van der Waals surface area (Å²) < 4.78 is 0. The van der Waals surface area contributed by atoms with Crippen LogP contribution in [-0.2, 0) is 5.54 Å². The Hall–Kier alpha value is -0.820. The van der Waals surface area contributed by atoms with Crippen LogP contribution in [-0.4, -0.2) is 6.54 Å². The Bertz CT molecular complexity index is 353. The summed E-state index contributed by atoms with van der Waals surface area (Å²) in [5, 5.41) is 3.80. The number of nitrogens with one attached hydrogen (secondary N) is 1. The first kappa shape index (κ1) is 15.6. The summed E-state index contributed by atoms with van der Waals surface area (Å²) >= 11 is 0. The molecule has 20 heavy (non-hydrogen) atoms. The van der Waals surface area contributed by atoms with Crippen molar-refractivity contribution in [3.8, 4) is 0 Å². The molecule has 1 heteroatoms. The molecule has 1 N–H and O–H groups in total. The highest BCUT2D eigenvalue weighted by molar-refractivity contribution is 5.29. The third kappa shape index (κ3) is 4.94. The molecule has 1 aliphatic rings. The lowest BCUT2D eigenvalue weighted by Crippen LogP contribution is -2.29. The van der Waals surface area contributed by atoms with Crippen molar-refractivity contribution in [3.63, 3.8) is 0 Å². The van der Waals surface area contributed by atoms with Crippen molar-refractivity contribution in [1.29, 1.82) is 0 Å². The van der Waals surface area contributed by atoms with Gasteiger partial charge in [0.1, 0.15) is 0 Å². The van der Waals surface area contributed by atoms with Crippen molar-refractivity contribution in [2.45, 2.75) is 76.7 Å². The van der Waals surface area contributed by atoms with Gasteiger partial charge in [-0.2, -0.15) is 0 Å². The van der Waals surface area contributed by atoms with Gasteiger partial charge in [0, 0.05) is 5.54 Å². The highest BCUT2D eigenvalue weighted by Crippen LogP contribution is 2.45. The van der Waals surface area contributed by atoms with Gasteiger partial charge in [-0.3, -0.25) is 0 Å². The minimum absolute atomic E-state index is 0.336. The number of rotatable bonds is 11. The molecule has 0 heterocycles. The van der Waals surface area contributed by atoms with Crippen LogP contribution in [0.1, 0.15) is 76.7 Å². The van der Waals surface area contributed by atoms with Gasteiger partial charge in [0.05, 0.1) is 0 Å². The maximum Gasteiger partial charge on any atom is 0.0436 e. The normalized spacial score (nSPS) is 16.2. The monoisotopic (exact) mass is 273 g/mol. The minimum Gasteiger partial charge on any atom is -0.307 e. The van der Waals surface area contributed by atoms with E-state index in [1.165, 1.54) is 76.3 Å². The number of hydrogen-bond donors (Lipinski definition) is 1. The van der Waals surface area contributed by atoms with E-state index in [1.807, 2.05) is 0 Å². The maximum absolute atomic E-state index is 3.80. The molecule has 0 saturated heterocycles. The molecule has 0 amide bonds. The minimum atomic E-state index is 0.336.